The lowest BCUT2D eigenvalue weighted by atomic mass is 10.1. The maximum Gasteiger partial charge on any atom is 0.214 e. The van der Waals surface area contributed by atoms with E-state index in [1.807, 2.05) is 17.9 Å². The van der Waals surface area contributed by atoms with E-state index in [1.54, 1.807) is 18.2 Å². The molecule has 31 heavy (non-hydrogen) atoms. The molecular formula is C22H24ClF2N3O2S. The molecule has 0 N–H and O–H groups in total. The largest absolute Gasteiger partial charge is 0.363 e. The first-order valence-corrected chi connectivity index (χ1v) is 12.1. The Morgan fingerprint density at radius 1 is 1.26 bits per heavy atom. The quantitative estimate of drug-likeness (QED) is 0.564. The standard InChI is InChI=1S/C22H24ClF2N3O2S/c1-2-3-10-31(29,30)27-9-8-20(15-27)28(14-17-11-18(24)5-7-22(17)25)19-6-4-16(13-26)21(23)12-19/h4-7,11-12,20H,2-3,8-10,14-15H2,1H3/t20-/m0/s1. The van der Waals surface area contributed by atoms with Crippen molar-refractivity contribution in [3.05, 3.63) is 64.2 Å². The fourth-order valence-corrected chi connectivity index (χ4v) is 5.64. The van der Waals surface area contributed by atoms with Gasteiger partial charge in [-0.3, -0.25) is 0 Å². The summed E-state index contributed by atoms with van der Waals surface area (Å²) in [4.78, 5) is 1.83. The molecule has 0 unspecified atom stereocenters. The van der Waals surface area contributed by atoms with Gasteiger partial charge in [0.1, 0.15) is 17.7 Å². The molecule has 2 aromatic carbocycles. The lowest BCUT2D eigenvalue weighted by molar-refractivity contribution is 0.465. The van der Waals surface area contributed by atoms with Crippen molar-refractivity contribution in [2.24, 2.45) is 0 Å². The summed E-state index contributed by atoms with van der Waals surface area (Å²) in [6, 6.07) is 9.88. The van der Waals surface area contributed by atoms with Crippen LogP contribution in [0.4, 0.5) is 14.5 Å². The summed E-state index contributed by atoms with van der Waals surface area (Å²) in [5.74, 6) is -1.00. The van der Waals surface area contributed by atoms with Crippen LogP contribution in [0, 0.1) is 23.0 Å². The van der Waals surface area contributed by atoms with E-state index >= 15 is 0 Å². The molecule has 1 saturated heterocycles. The fourth-order valence-electron chi connectivity index (χ4n) is 3.73. The predicted octanol–water partition coefficient (Wildman–Crippen LogP) is 4.70. The summed E-state index contributed by atoms with van der Waals surface area (Å²) in [5, 5.41) is 9.39. The van der Waals surface area contributed by atoms with Gasteiger partial charge in [0.05, 0.1) is 16.3 Å². The summed E-state index contributed by atoms with van der Waals surface area (Å²) in [7, 11) is -3.37. The van der Waals surface area contributed by atoms with Gasteiger partial charge >= 0.3 is 0 Å². The van der Waals surface area contributed by atoms with E-state index in [2.05, 4.69) is 0 Å². The lowest BCUT2D eigenvalue weighted by Crippen LogP contribution is -2.39. The van der Waals surface area contributed by atoms with Crippen LogP contribution in [-0.4, -0.2) is 37.6 Å². The normalized spacial score (nSPS) is 16.9. The Balaban J connectivity index is 1.92. The van der Waals surface area contributed by atoms with Gasteiger partial charge in [-0.15, -0.1) is 0 Å². The van der Waals surface area contributed by atoms with Crippen LogP contribution in [0.3, 0.4) is 0 Å². The van der Waals surface area contributed by atoms with Crippen LogP contribution in [0.15, 0.2) is 36.4 Å². The molecule has 1 aliphatic rings. The fraction of sp³-hybridized carbons (Fsp3) is 0.409. The van der Waals surface area contributed by atoms with Crippen molar-refractivity contribution in [3.8, 4) is 6.07 Å². The maximum atomic E-state index is 14.4. The molecule has 1 heterocycles. The lowest BCUT2D eigenvalue weighted by Gasteiger charge is -2.32. The Bertz CT molecular complexity index is 1090. The van der Waals surface area contributed by atoms with E-state index in [-0.39, 0.29) is 35.5 Å². The SMILES string of the molecule is CCCCS(=O)(=O)N1CC[C@H](N(Cc2cc(F)ccc2F)c2ccc(C#N)c(Cl)c2)C1. The molecular weight excluding hydrogens is 444 g/mol. The molecule has 1 fully saturated rings. The molecule has 0 amide bonds. The Kier molecular flexibility index (Phi) is 7.52. The molecule has 0 aliphatic carbocycles. The minimum absolute atomic E-state index is 0.0410. The van der Waals surface area contributed by atoms with Gasteiger partial charge < -0.3 is 4.90 Å². The van der Waals surface area contributed by atoms with Gasteiger partial charge in [-0.1, -0.05) is 24.9 Å². The Morgan fingerprint density at radius 2 is 2.03 bits per heavy atom. The zero-order chi connectivity index (χ0) is 22.6. The molecule has 0 radical (unpaired) electrons. The van der Waals surface area contributed by atoms with Crippen molar-refractivity contribution in [1.82, 2.24) is 4.31 Å². The third-order valence-corrected chi connectivity index (χ3v) is 7.71. The highest BCUT2D eigenvalue weighted by Gasteiger charge is 2.34. The van der Waals surface area contributed by atoms with Gasteiger partial charge in [0.15, 0.2) is 0 Å². The highest BCUT2D eigenvalue weighted by Crippen LogP contribution is 2.30. The minimum Gasteiger partial charge on any atom is -0.363 e. The van der Waals surface area contributed by atoms with Gasteiger partial charge in [0, 0.05) is 36.9 Å². The van der Waals surface area contributed by atoms with Crippen LogP contribution in [0.1, 0.15) is 37.3 Å². The molecule has 3 rings (SSSR count). The summed E-state index contributed by atoms with van der Waals surface area (Å²) in [5.41, 5.74) is 1.08. The molecule has 0 spiro atoms. The van der Waals surface area contributed by atoms with Gasteiger partial charge in [-0.25, -0.2) is 17.2 Å². The number of rotatable bonds is 8. The van der Waals surface area contributed by atoms with E-state index in [1.165, 1.54) is 4.31 Å². The highest BCUT2D eigenvalue weighted by molar-refractivity contribution is 7.89. The first-order valence-electron chi connectivity index (χ1n) is 10.1. The summed E-state index contributed by atoms with van der Waals surface area (Å²) in [6.45, 7) is 2.59. The van der Waals surface area contributed by atoms with E-state index in [9.17, 15) is 17.2 Å². The van der Waals surface area contributed by atoms with Gasteiger partial charge in [-0.2, -0.15) is 9.57 Å². The molecule has 1 atom stereocenters. The second kappa shape index (κ2) is 9.94. The second-order valence-electron chi connectivity index (χ2n) is 7.61. The Labute approximate surface area is 186 Å². The topological polar surface area (TPSA) is 64.4 Å². The number of benzene rings is 2. The third-order valence-electron chi connectivity index (χ3n) is 5.47. The zero-order valence-corrected chi connectivity index (χ0v) is 18.8. The van der Waals surface area contributed by atoms with Gasteiger partial charge in [0.2, 0.25) is 10.0 Å². The summed E-state index contributed by atoms with van der Waals surface area (Å²) < 4.78 is 54.8. The predicted molar refractivity (Wildman–Crippen MR) is 117 cm³/mol. The van der Waals surface area contributed by atoms with Crippen LogP contribution in [-0.2, 0) is 16.6 Å². The highest BCUT2D eigenvalue weighted by atomic mass is 35.5. The van der Waals surface area contributed by atoms with Crippen LogP contribution >= 0.6 is 11.6 Å². The van der Waals surface area contributed by atoms with Gasteiger partial charge in [0.25, 0.3) is 0 Å². The Morgan fingerprint density at radius 3 is 2.71 bits per heavy atom. The molecule has 166 valence electrons. The van der Waals surface area contributed by atoms with Crippen LogP contribution in [0.25, 0.3) is 0 Å². The smallest absolute Gasteiger partial charge is 0.214 e. The monoisotopic (exact) mass is 467 g/mol. The van der Waals surface area contributed by atoms with Crippen molar-refractivity contribution in [2.45, 2.75) is 38.8 Å². The number of hydrogen-bond donors (Lipinski definition) is 0. The van der Waals surface area contributed by atoms with Crippen molar-refractivity contribution in [2.75, 3.05) is 23.7 Å². The number of unbranched alkanes of at least 4 members (excludes halogenated alkanes) is 1. The van der Waals surface area contributed by atoms with Crippen LogP contribution in [0.2, 0.25) is 5.02 Å². The van der Waals surface area contributed by atoms with E-state index in [0.717, 1.165) is 24.6 Å². The van der Waals surface area contributed by atoms with Crippen LogP contribution < -0.4 is 4.90 Å². The minimum atomic E-state index is -3.37. The first-order chi connectivity index (χ1) is 14.7. The average molecular weight is 468 g/mol. The third kappa shape index (κ3) is 5.53. The molecule has 5 nitrogen and oxygen atoms in total. The van der Waals surface area contributed by atoms with Gasteiger partial charge in [-0.05, 0) is 49.2 Å². The molecule has 9 heteroatoms. The Hall–Kier alpha value is -2.21. The molecule has 2 aromatic rings. The molecule has 0 saturated carbocycles. The number of anilines is 1. The average Bonchev–Trinajstić information content (AvgIpc) is 3.24. The van der Waals surface area contributed by atoms with E-state index < -0.39 is 21.7 Å². The van der Waals surface area contributed by atoms with E-state index in [0.29, 0.717) is 30.6 Å². The molecule has 0 bridgehead atoms. The molecule has 0 aromatic heterocycles. The first kappa shape index (κ1) is 23.5. The maximum absolute atomic E-state index is 14.4. The van der Waals surface area contributed by atoms with Crippen molar-refractivity contribution in [3.63, 3.8) is 0 Å². The second-order valence-corrected chi connectivity index (χ2v) is 10.1. The van der Waals surface area contributed by atoms with Crippen molar-refractivity contribution < 1.29 is 17.2 Å². The van der Waals surface area contributed by atoms with Crippen LogP contribution in [0.5, 0.6) is 0 Å². The summed E-state index contributed by atoms with van der Waals surface area (Å²) in [6.07, 6.45) is 1.91. The number of hydrogen-bond acceptors (Lipinski definition) is 4. The van der Waals surface area contributed by atoms with Crippen molar-refractivity contribution in [1.29, 1.82) is 5.26 Å². The summed E-state index contributed by atoms with van der Waals surface area (Å²) >= 11 is 6.21. The number of nitrogens with zero attached hydrogens (tertiary/aromatic N) is 3. The van der Waals surface area contributed by atoms with Crippen molar-refractivity contribution >= 4 is 27.3 Å². The number of halogens is 3. The number of nitriles is 1. The number of sulfonamides is 1. The molecule has 1 aliphatic heterocycles. The van der Waals surface area contributed by atoms with E-state index in [4.69, 9.17) is 16.9 Å². The zero-order valence-electron chi connectivity index (χ0n) is 17.2.